The minimum Gasteiger partial charge on any atom is -0.515 e. The van der Waals surface area contributed by atoms with Gasteiger partial charge in [-0.3, -0.25) is 24.9 Å². The maximum Gasteiger partial charge on any atom is 1.00 e. The number of pyridine rings is 2. The molecular formula is C62H98FKN6O4. The third-order valence-corrected chi connectivity index (χ3v) is 13.7. The first-order chi connectivity index (χ1) is 34.7. The molecule has 2 fully saturated rings. The molecule has 1 saturated carbocycles. The molecule has 3 aromatic rings. The number of ether oxygens (including phenoxy) is 1. The fourth-order valence-corrected chi connectivity index (χ4v) is 8.69. The van der Waals surface area contributed by atoms with Crippen LogP contribution in [-0.2, 0) is 19.1 Å². The Kier molecular flexibility index (Phi) is 34.8. The van der Waals surface area contributed by atoms with E-state index < -0.39 is 6.17 Å². The van der Waals surface area contributed by atoms with Crippen LogP contribution in [0.15, 0.2) is 42.2 Å². The molecule has 0 radical (unpaired) electrons. The molecule has 1 aromatic carbocycles. The summed E-state index contributed by atoms with van der Waals surface area (Å²) in [7, 11) is 4.09. The van der Waals surface area contributed by atoms with Gasteiger partial charge in [0.2, 0.25) is 11.8 Å². The number of hydrogen-bond donors (Lipinski definition) is 2. The molecule has 3 aliphatic heterocycles. The standard InChI is InChI=1S/C19H24N2O2.C13H16N2O2.C10H21F.C9H11N2.C7H16.C4H10.K/c1-14-9-16(12-22)10-18(20-14)17-11-21(2)8-7-19(17)23-13-15-5-3-4-6-15;1-7-6-11(14-9(3)8(7)2)10-4-5-12(16)15-13(10)17;1-5-6-9(4)10(11)7-8(2)3;1-7-3-4-8-9(5-7)11(2)6-10-8;1-4-5-6-7(2)3;1-3-4-2;/h9-11,15H,3-8,13H2,1-2H3;6,10H,4-5H2,1-3H3,(H,15,16,17);8-10H,5-7H2,1-4H3;3-6,10H,1-2H3;7H,4-6H2,1-3H3;3-4H2,1-2H3;/q;;;-1;;;+1. The minimum atomic E-state index is -0.588. The van der Waals surface area contributed by atoms with Crippen molar-refractivity contribution in [2.75, 3.05) is 37.5 Å². The van der Waals surface area contributed by atoms with Crippen molar-refractivity contribution in [2.24, 2.45) is 23.7 Å². The van der Waals surface area contributed by atoms with E-state index in [1.807, 2.05) is 60.7 Å². The Hall–Kier alpha value is -3.29. The van der Waals surface area contributed by atoms with Gasteiger partial charge >= 0.3 is 51.4 Å². The summed E-state index contributed by atoms with van der Waals surface area (Å²) < 4.78 is 21.6. The number of unbranched alkanes of at least 4 members (excludes halogenated alkanes) is 2. The fourth-order valence-electron chi connectivity index (χ4n) is 8.69. The van der Waals surface area contributed by atoms with E-state index in [0.29, 0.717) is 30.2 Å². The van der Waals surface area contributed by atoms with Gasteiger partial charge in [-0.05, 0) is 138 Å². The number of halogens is 1. The number of alkyl halides is 1. The summed E-state index contributed by atoms with van der Waals surface area (Å²) in [6, 6.07) is 11.9. The van der Waals surface area contributed by atoms with E-state index in [1.54, 1.807) is 12.1 Å². The number of carbonyl (C=O) groups is 2. The van der Waals surface area contributed by atoms with Crippen LogP contribution in [0.5, 0.6) is 0 Å². The number of nitrogens with one attached hydrogen (secondary N) is 2. The molecule has 4 aliphatic rings. The van der Waals surface area contributed by atoms with Gasteiger partial charge in [0, 0.05) is 29.2 Å². The van der Waals surface area contributed by atoms with E-state index in [0.717, 1.165) is 90.0 Å². The SMILES string of the molecule is CCCC.CCCC(C)C(F)CC(C)C.CCCCC(C)C.Cc1cc(C2CCC(=O)NC2=O)nc(C)c1C.Cc1cc([C-]=O)cc(C2=C(OCC3CCCC3)CC[N+](C)=C2)n1.Cc1ccc2c(c1)N(C)[CH-]N2.[K+]. The number of imide groups is 1. The topological polar surface area (TPSA) is 117 Å². The predicted octanol–water partition coefficient (Wildman–Crippen LogP) is 11.8. The average Bonchev–Trinajstić information content (AvgIpc) is 4.02. The van der Waals surface area contributed by atoms with Crippen molar-refractivity contribution < 1.29 is 79.5 Å². The number of carbonyl (C=O) groups excluding carboxylic acids is 3. The summed E-state index contributed by atoms with van der Waals surface area (Å²) in [4.78, 5) is 45.0. The molecule has 7 rings (SSSR count). The molecule has 12 heteroatoms. The zero-order valence-electron chi connectivity index (χ0n) is 49.4. The molecule has 5 heterocycles. The number of piperidine rings is 1. The van der Waals surface area contributed by atoms with Gasteiger partial charge < -0.3 is 19.7 Å². The van der Waals surface area contributed by atoms with Gasteiger partial charge in [0.1, 0.15) is 25.5 Å². The number of allylic oxidation sites excluding steroid dienone is 1. The Morgan fingerprint density at radius 3 is 2.09 bits per heavy atom. The smallest absolute Gasteiger partial charge is 0.515 e. The monoisotopic (exact) mass is 1050 g/mol. The van der Waals surface area contributed by atoms with Crippen LogP contribution in [0.2, 0.25) is 0 Å². The summed E-state index contributed by atoms with van der Waals surface area (Å²) in [5.74, 6) is 2.64. The third kappa shape index (κ3) is 25.7. The maximum atomic E-state index is 13.2. The van der Waals surface area contributed by atoms with Gasteiger partial charge in [0.15, 0.2) is 6.21 Å². The number of hydrogen-bond acceptors (Lipinski definition) is 8. The van der Waals surface area contributed by atoms with Crippen molar-refractivity contribution in [3.63, 3.8) is 0 Å². The van der Waals surface area contributed by atoms with Crippen LogP contribution in [0, 0.1) is 65.0 Å². The molecule has 10 nitrogen and oxygen atoms in total. The predicted molar refractivity (Wildman–Crippen MR) is 305 cm³/mol. The van der Waals surface area contributed by atoms with Crippen LogP contribution in [0.25, 0.3) is 5.57 Å². The van der Waals surface area contributed by atoms with Gasteiger partial charge in [0.25, 0.3) is 0 Å². The second-order valence-electron chi connectivity index (χ2n) is 21.6. The number of anilines is 2. The Labute approximate surface area is 492 Å². The second-order valence-corrected chi connectivity index (χ2v) is 21.6. The number of fused-ring (bicyclic) bond motifs is 1. The van der Waals surface area contributed by atoms with E-state index in [-0.39, 0.29) is 75.0 Å². The van der Waals surface area contributed by atoms with Gasteiger partial charge in [-0.1, -0.05) is 120 Å². The normalized spacial score (nSPS) is 16.6. The molecular weight excluding hydrogens is 951 g/mol. The van der Waals surface area contributed by atoms with Gasteiger partial charge in [-0.2, -0.15) is 6.67 Å². The molecule has 2 N–H and O–H groups in total. The Bertz CT molecular complexity index is 2180. The largest absolute Gasteiger partial charge is 1.00 e. The van der Waals surface area contributed by atoms with Crippen LogP contribution in [0.4, 0.5) is 15.8 Å². The number of benzene rings is 1. The molecule has 2 aromatic heterocycles. The molecule has 0 bridgehead atoms. The van der Waals surface area contributed by atoms with E-state index in [1.165, 1.54) is 74.7 Å². The van der Waals surface area contributed by atoms with Crippen molar-refractivity contribution in [1.29, 1.82) is 0 Å². The molecule has 0 spiro atoms. The summed E-state index contributed by atoms with van der Waals surface area (Å²) in [6.45, 7) is 33.1. The summed E-state index contributed by atoms with van der Waals surface area (Å²) in [6.07, 6.45) is 20.1. The van der Waals surface area contributed by atoms with Crippen molar-refractivity contribution in [3.8, 4) is 0 Å². The molecule has 3 atom stereocenters. The Balaban J connectivity index is 0.000000476. The van der Waals surface area contributed by atoms with Crippen molar-refractivity contribution in [3.05, 3.63) is 93.9 Å². The zero-order chi connectivity index (χ0) is 54.6. The van der Waals surface area contributed by atoms with Gasteiger partial charge in [-0.15, -0.1) is 17.7 Å². The Morgan fingerprint density at radius 1 is 0.865 bits per heavy atom. The molecule has 2 amide bonds. The number of rotatable bonds is 15. The van der Waals surface area contributed by atoms with Gasteiger partial charge in [-0.25, -0.2) is 8.97 Å². The number of aryl methyl sites for hydroxylation is 4. The zero-order valence-corrected chi connectivity index (χ0v) is 52.5. The van der Waals surface area contributed by atoms with E-state index in [9.17, 15) is 18.8 Å². The maximum absolute atomic E-state index is 13.2. The molecule has 1 aliphatic carbocycles. The minimum absolute atomic E-state index is 0. The van der Waals surface area contributed by atoms with Crippen LogP contribution in [-0.4, -0.2) is 72.3 Å². The first-order valence-electron chi connectivity index (χ1n) is 27.8. The van der Waals surface area contributed by atoms with Crippen LogP contribution in [0.1, 0.15) is 210 Å². The summed E-state index contributed by atoms with van der Waals surface area (Å²) >= 11 is 0. The van der Waals surface area contributed by atoms with Crippen LogP contribution < -0.4 is 66.9 Å². The first-order valence-corrected chi connectivity index (χ1v) is 27.8. The molecule has 3 unspecified atom stereocenters. The van der Waals surface area contributed by atoms with Crippen molar-refractivity contribution in [2.45, 2.75) is 205 Å². The van der Waals surface area contributed by atoms with E-state index >= 15 is 0 Å². The molecule has 1 saturated heterocycles. The van der Waals surface area contributed by atoms with E-state index in [4.69, 9.17) is 4.74 Å². The molecule has 74 heavy (non-hydrogen) atoms. The fraction of sp³-hybridized carbons (Fsp3) is 0.629. The third-order valence-electron chi connectivity index (χ3n) is 13.7. The van der Waals surface area contributed by atoms with Crippen LogP contribution >= 0.6 is 0 Å². The quantitative estimate of drug-likeness (QED) is 0.0669. The summed E-state index contributed by atoms with van der Waals surface area (Å²) in [5.41, 5.74) is 10.9. The average molecular weight is 1050 g/mol. The Morgan fingerprint density at radius 2 is 1.54 bits per heavy atom. The first kappa shape index (κ1) is 68.7. The van der Waals surface area contributed by atoms with E-state index in [2.05, 4.69) is 124 Å². The number of nitrogens with zero attached hydrogens (tertiary/aromatic N) is 4. The number of aromatic nitrogens is 2. The molecule has 408 valence electrons. The van der Waals surface area contributed by atoms with Gasteiger partial charge in [0.05, 0.1) is 36.5 Å². The van der Waals surface area contributed by atoms with Crippen molar-refractivity contribution >= 4 is 41.3 Å². The van der Waals surface area contributed by atoms with Crippen molar-refractivity contribution in [1.82, 2.24) is 15.3 Å². The summed E-state index contributed by atoms with van der Waals surface area (Å²) in [5, 5.41) is 5.54. The second kappa shape index (κ2) is 37.5. The van der Waals surface area contributed by atoms with Crippen LogP contribution in [0.3, 0.4) is 0 Å². The number of amides is 2.